The topological polar surface area (TPSA) is 0 Å². The number of hydrogen-bond acceptors (Lipinski definition) is 1. The molecule has 2 heteroatoms. The van der Waals surface area contributed by atoms with Gasteiger partial charge in [0.15, 0.2) is 0 Å². The summed E-state index contributed by atoms with van der Waals surface area (Å²) < 4.78 is 12.3. The van der Waals surface area contributed by atoms with E-state index in [0.717, 1.165) is 0 Å². The van der Waals surface area contributed by atoms with Crippen LogP contribution in [0.2, 0.25) is 0 Å². The van der Waals surface area contributed by atoms with Crippen LogP contribution in [0.15, 0.2) is 41.8 Å². The van der Waals surface area contributed by atoms with Gasteiger partial charge in [0.2, 0.25) is 0 Å². The first-order valence-electron chi connectivity index (χ1n) is 4.41. The van der Waals surface area contributed by atoms with Crippen molar-refractivity contribution >= 4 is 11.3 Å². The Hall–Kier alpha value is -1.15. The molecule has 0 aliphatic carbocycles. The maximum absolute atomic E-state index is 12.3. The second kappa shape index (κ2) is 5.55. The van der Waals surface area contributed by atoms with Gasteiger partial charge in [-0.1, -0.05) is 24.3 Å². The van der Waals surface area contributed by atoms with Gasteiger partial charge in [-0.25, -0.2) is 4.39 Å². The van der Waals surface area contributed by atoms with Crippen molar-refractivity contribution in [3.63, 3.8) is 0 Å². The molecular formula is C12H13FS. The third-order valence-corrected chi connectivity index (χ3v) is 2.54. The summed E-state index contributed by atoms with van der Waals surface area (Å²) in [7, 11) is 0. The van der Waals surface area contributed by atoms with Crippen molar-refractivity contribution in [1.29, 1.82) is 0 Å². The first-order valence-corrected chi connectivity index (χ1v) is 5.29. The SMILES string of the molecule is Cc1ccccc1F.Cc1cccs1. The summed E-state index contributed by atoms with van der Waals surface area (Å²) in [6.07, 6.45) is 0. The van der Waals surface area contributed by atoms with Gasteiger partial charge in [-0.05, 0) is 36.9 Å². The Balaban J connectivity index is 0.000000146. The zero-order valence-corrected chi connectivity index (χ0v) is 9.14. The monoisotopic (exact) mass is 208 g/mol. The second-order valence-electron chi connectivity index (χ2n) is 2.97. The van der Waals surface area contributed by atoms with E-state index in [4.69, 9.17) is 0 Å². The number of aryl methyl sites for hydroxylation is 2. The Morgan fingerprint density at radius 2 is 1.71 bits per heavy atom. The summed E-state index contributed by atoms with van der Waals surface area (Å²) in [5.41, 5.74) is 0.701. The van der Waals surface area contributed by atoms with Crippen LogP contribution in [0.3, 0.4) is 0 Å². The first-order chi connectivity index (χ1) is 6.70. The molecule has 0 saturated carbocycles. The van der Waals surface area contributed by atoms with E-state index in [1.807, 2.05) is 6.07 Å². The molecule has 0 aliphatic heterocycles. The van der Waals surface area contributed by atoms with Crippen molar-refractivity contribution in [2.45, 2.75) is 13.8 Å². The molecule has 0 bridgehead atoms. The highest BCUT2D eigenvalue weighted by Gasteiger charge is 1.88. The maximum Gasteiger partial charge on any atom is 0.126 e. The van der Waals surface area contributed by atoms with Gasteiger partial charge in [-0.15, -0.1) is 11.3 Å². The average molecular weight is 208 g/mol. The molecule has 1 aromatic heterocycles. The van der Waals surface area contributed by atoms with Gasteiger partial charge in [-0.2, -0.15) is 0 Å². The maximum atomic E-state index is 12.3. The molecule has 14 heavy (non-hydrogen) atoms. The standard InChI is InChI=1S/C7H7F.C5H6S/c1-6-4-2-3-5-7(6)8;1-5-3-2-4-6-5/h2-5H,1H3;2-4H,1H3. The van der Waals surface area contributed by atoms with Crippen molar-refractivity contribution < 1.29 is 4.39 Å². The molecule has 2 aromatic rings. The quantitative estimate of drug-likeness (QED) is 0.609. The highest BCUT2D eigenvalue weighted by atomic mass is 32.1. The number of thiophene rings is 1. The van der Waals surface area contributed by atoms with Gasteiger partial charge >= 0.3 is 0 Å². The van der Waals surface area contributed by atoms with E-state index in [1.54, 1.807) is 30.4 Å². The van der Waals surface area contributed by atoms with Crippen molar-refractivity contribution in [2.75, 3.05) is 0 Å². The first kappa shape index (κ1) is 10.9. The van der Waals surface area contributed by atoms with E-state index in [0.29, 0.717) is 5.56 Å². The van der Waals surface area contributed by atoms with Crippen LogP contribution in [0.5, 0.6) is 0 Å². The molecule has 0 unspecified atom stereocenters. The minimum Gasteiger partial charge on any atom is -0.207 e. The van der Waals surface area contributed by atoms with E-state index in [9.17, 15) is 4.39 Å². The number of rotatable bonds is 0. The van der Waals surface area contributed by atoms with Gasteiger partial charge in [0.1, 0.15) is 5.82 Å². The summed E-state index contributed by atoms with van der Waals surface area (Å²) in [5.74, 6) is -0.132. The number of halogens is 1. The minimum atomic E-state index is -0.132. The zero-order chi connectivity index (χ0) is 10.4. The van der Waals surface area contributed by atoms with Crippen LogP contribution >= 0.6 is 11.3 Å². The van der Waals surface area contributed by atoms with Gasteiger partial charge in [0.25, 0.3) is 0 Å². The fourth-order valence-corrected chi connectivity index (χ4v) is 1.44. The van der Waals surface area contributed by atoms with E-state index < -0.39 is 0 Å². The molecule has 0 atom stereocenters. The average Bonchev–Trinajstić information content (AvgIpc) is 2.63. The van der Waals surface area contributed by atoms with E-state index in [2.05, 4.69) is 24.4 Å². The molecule has 1 heterocycles. The summed E-state index contributed by atoms with van der Waals surface area (Å²) in [6, 6.07) is 10.9. The van der Waals surface area contributed by atoms with Crippen LogP contribution in [0.1, 0.15) is 10.4 Å². The van der Waals surface area contributed by atoms with Gasteiger partial charge in [0.05, 0.1) is 0 Å². The predicted octanol–water partition coefficient (Wildman–Crippen LogP) is 4.19. The van der Waals surface area contributed by atoms with Crippen molar-refractivity contribution in [2.24, 2.45) is 0 Å². The Morgan fingerprint density at radius 3 is 2.00 bits per heavy atom. The molecule has 0 nitrogen and oxygen atoms in total. The molecule has 0 saturated heterocycles. The van der Waals surface area contributed by atoms with Crippen LogP contribution in [0.25, 0.3) is 0 Å². The largest absolute Gasteiger partial charge is 0.207 e. The van der Waals surface area contributed by atoms with Crippen LogP contribution < -0.4 is 0 Å². The van der Waals surface area contributed by atoms with Crippen molar-refractivity contribution in [3.8, 4) is 0 Å². The third kappa shape index (κ3) is 3.71. The summed E-state index contributed by atoms with van der Waals surface area (Å²) >= 11 is 1.78. The minimum absolute atomic E-state index is 0.132. The predicted molar refractivity (Wildman–Crippen MR) is 60.2 cm³/mol. The molecule has 1 aromatic carbocycles. The van der Waals surface area contributed by atoms with Crippen LogP contribution in [0, 0.1) is 19.7 Å². The summed E-state index contributed by atoms with van der Waals surface area (Å²) in [4.78, 5) is 1.38. The molecule has 0 aliphatic rings. The lowest BCUT2D eigenvalue weighted by atomic mass is 10.2. The van der Waals surface area contributed by atoms with E-state index in [-0.39, 0.29) is 5.82 Å². The zero-order valence-electron chi connectivity index (χ0n) is 8.33. The lowest BCUT2D eigenvalue weighted by Crippen LogP contribution is -1.76. The number of hydrogen-bond donors (Lipinski definition) is 0. The van der Waals surface area contributed by atoms with E-state index >= 15 is 0 Å². The molecular weight excluding hydrogens is 195 g/mol. The lowest BCUT2D eigenvalue weighted by molar-refractivity contribution is 0.618. The highest BCUT2D eigenvalue weighted by molar-refractivity contribution is 7.09. The van der Waals surface area contributed by atoms with Crippen LogP contribution in [-0.2, 0) is 0 Å². The summed E-state index contributed by atoms with van der Waals surface area (Å²) in [5, 5.41) is 2.08. The smallest absolute Gasteiger partial charge is 0.126 e. The Labute approximate surface area is 88.0 Å². The number of benzene rings is 1. The van der Waals surface area contributed by atoms with Crippen LogP contribution in [-0.4, -0.2) is 0 Å². The molecule has 74 valence electrons. The van der Waals surface area contributed by atoms with Gasteiger partial charge in [0, 0.05) is 4.88 Å². The molecule has 0 spiro atoms. The van der Waals surface area contributed by atoms with Gasteiger partial charge in [-0.3, -0.25) is 0 Å². The lowest BCUT2D eigenvalue weighted by Gasteiger charge is -1.89. The normalized spacial score (nSPS) is 9.07. The fraction of sp³-hybridized carbons (Fsp3) is 0.167. The van der Waals surface area contributed by atoms with Crippen molar-refractivity contribution in [1.82, 2.24) is 0 Å². The fourth-order valence-electron chi connectivity index (χ4n) is 0.912. The molecule has 0 radical (unpaired) electrons. The molecule has 0 amide bonds. The Morgan fingerprint density at radius 1 is 1.00 bits per heavy atom. The second-order valence-corrected chi connectivity index (χ2v) is 4.12. The Bertz CT molecular complexity index is 345. The highest BCUT2D eigenvalue weighted by Crippen LogP contribution is 2.03. The molecule has 0 fully saturated rings. The van der Waals surface area contributed by atoms with Crippen molar-refractivity contribution in [3.05, 3.63) is 58.0 Å². The van der Waals surface area contributed by atoms with Gasteiger partial charge < -0.3 is 0 Å². The molecule has 2 rings (SSSR count). The third-order valence-electron chi connectivity index (χ3n) is 1.74. The van der Waals surface area contributed by atoms with Crippen LogP contribution in [0.4, 0.5) is 4.39 Å². The Kier molecular flexibility index (Phi) is 4.33. The molecule has 0 N–H and O–H groups in total. The van der Waals surface area contributed by atoms with E-state index in [1.165, 1.54) is 10.9 Å². The summed E-state index contributed by atoms with van der Waals surface area (Å²) in [6.45, 7) is 3.85.